The predicted molar refractivity (Wildman–Crippen MR) is 119 cm³/mol. The van der Waals surface area contributed by atoms with Gasteiger partial charge in [0.05, 0.1) is 10.6 Å². The molecular formula is C23H26N2O6S. The zero-order valence-corrected chi connectivity index (χ0v) is 18.7. The predicted octanol–water partition coefficient (Wildman–Crippen LogP) is 3.36. The summed E-state index contributed by atoms with van der Waals surface area (Å²) in [5.74, 6) is 0.518. The van der Waals surface area contributed by atoms with E-state index in [4.69, 9.17) is 9.47 Å². The summed E-state index contributed by atoms with van der Waals surface area (Å²) in [5.41, 5.74) is 1.60. The van der Waals surface area contributed by atoms with E-state index in [1.807, 2.05) is 0 Å². The average Bonchev–Trinajstić information content (AvgIpc) is 3.25. The van der Waals surface area contributed by atoms with E-state index in [9.17, 15) is 18.0 Å². The maximum atomic E-state index is 12.8. The molecule has 0 saturated carbocycles. The van der Waals surface area contributed by atoms with E-state index in [1.165, 1.54) is 11.2 Å². The van der Waals surface area contributed by atoms with Gasteiger partial charge in [0.25, 0.3) is 0 Å². The van der Waals surface area contributed by atoms with Crippen LogP contribution >= 0.6 is 0 Å². The van der Waals surface area contributed by atoms with Crippen molar-refractivity contribution in [1.82, 2.24) is 4.31 Å². The molecule has 0 aliphatic carbocycles. The second-order valence-electron chi connectivity index (χ2n) is 7.96. The Bertz CT molecular complexity index is 1120. The van der Waals surface area contributed by atoms with Crippen LogP contribution in [0.1, 0.15) is 48.5 Å². The molecule has 1 fully saturated rings. The number of hydrogen-bond acceptors (Lipinski definition) is 6. The van der Waals surface area contributed by atoms with Crippen LogP contribution in [0.2, 0.25) is 0 Å². The first kappa shape index (κ1) is 22.3. The summed E-state index contributed by atoms with van der Waals surface area (Å²) in [6, 6.07) is 9.85. The van der Waals surface area contributed by atoms with Crippen LogP contribution in [0.15, 0.2) is 41.3 Å². The zero-order chi connectivity index (χ0) is 22.7. The molecule has 0 atom stereocenters. The number of carbonyl (C=O) groups excluding carboxylic acids is 2. The molecule has 0 unspecified atom stereocenters. The number of hydrogen-bond donors (Lipinski definition) is 1. The van der Waals surface area contributed by atoms with Crippen LogP contribution in [-0.2, 0) is 21.2 Å². The van der Waals surface area contributed by atoms with Crippen molar-refractivity contribution in [3.8, 4) is 11.5 Å². The fourth-order valence-corrected chi connectivity index (χ4v) is 5.41. The Labute approximate surface area is 187 Å². The first-order valence-electron chi connectivity index (χ1n) is 10.7. The molecule has 8 nitrogen and oxygen atoms in total. The zero-order valence-electron chi connectivity index (χ0n) is 17.9. The van der Waals surface area contributed by atoms with E-state index >= 15 is 0 Å². The standard InChI is InChI=1S/C23H26N2O6S/c1-16(26)19-13-21-22(31-15-30-21)14-20(19)24-23(27)10-7-17-5-8-18(9-6-17)32(28,29)25-11-3-2-4-12-25/h5-6,8-9,13-14H,2-4,7,10-12,15H2,1H3,(H,24,27). The highest BCUT2D eigenvalue weighted by atomic mass is 32.2. The van der Waals surface area contributed by atoms with Crippen LogP contribution in [0.4, 0.5) is 5.69 Å². The average molecular weight is 459 g/mol. The number of rotatable bonds is 7. The van der Waals surface area contributed by atoms with Crippen molar-refractivity contribution >= 4 is 27.4 Å². The summed E-state index contributed by atoms with van der Waals surface area (Å²) in [5, 5.41) is 2.77. The lowest BCUT2D eigenvalue weighted by atomic mass is 10.1. The Kier molecular flexibility index (Phi) is 6.48. The highest BCUT2D eigenvalue weighted by Crippen LogP contribution is 2.37. The van der Waals surface area contributed by atoms with Gasteiger partial charge in [-0.3, -0.25) is 9.59 Å². The summed E-state index contributed by atoms with van der Waals surface area (Å²) >= 11 is 0. The van der Waals surface area contributed by atoms with Gasteiger partial charge in [-0.05, 0) is 49.9 Å². The van der Waals surface area contributed by atoms with Crippen LogP contribution in [0.25, 0.3) is 0 Å². The molecular weight excluding hydrogens is 432 g/mol. The van der Waals surface area contributed by atoms with Gasteiger partial charge in [-0.25, -0.2) is 8.42 Å². The molecule has 170 valence electrons. The van der Waals surface area contributed by atoms with Crippen molar-refractivity contribution < 1.29 is 27.5 Å². The molecule has 0 bridgehead atoms. The number of ether oxygens (including phenoxy) is 2. The van der Waals surface area contributed by atoms with E-state index in [-0.39, 0.29) is 29.8 Å². The number of carbonyl (C=O) groups is 2. The Morgan fingerprint density at radius 1 is 1.00 bits per heavy atom. The largest absolute Gasteiger partial charge is 0.454 e. The van der Waals surface area contributed by atoms with E-state index < -0.39 is 10.0 Å². The van der Waals surface area contributed by atoms with Gasteiger partial charge >= 0.3 is 0 Å². The molecule has 32 heavy (non-hydrogen) atoms. The molecule has 0 radical (unpaired) electrons. The van der Waals surface area contributed by atoms with Crippen LogP contribution in [-0.4, -0.2) is 44.3 Å². The van der Waals surface area contributed by atoms with Crippen molar-refractivity contribution in [2.75, 3.05) is 25.2 Å². The monoisotopic (exact) mass is 458 g/mol. The van der Waals surface area contributed by atoms with Gasteiger partial charge in [-0.1, -0.05) is 18.6 Å². The quantitative estimate of drug-likeness (QED) is 0.639. The van der Waals surface area contributed by atoms with E-state index in [0.29, 0.717) is 42.3 Å². The van der Waals surface area contributed by atoms with Crippen molar-refractivity contribution in [2.24, 2.45) is 0 Å². The lowest BCUT2D eigenvalue weighted by Crippen LogP contribution is -2.35. The van der Waals surface area contributed by atoms with Crippen molar-refractivity contribution in [1.29, 1.82) is 0 Å². The second kappa shape index (κ2) is 9.30. The van der Waals surface area contributed by atoms with Crippen LogP contribution in [0.3, 0.4) is 0 Å². The molecule has 2 aromatic carbocycles. The summed E-state index contributed by atoms with van der Waals surface area (Å²) in [4.78, 5) is 24.7. The first-order chi connectivity index (χ1) is 15.3. The number of anilines is 1. The third-order valence-electron chi connectivity index (χ3n) is 5.68. The molecule has 2 heterocycles. The van der Waals surface area contributed by atoms with Crippen molar-refractivity contribution in [3.05, 3.63) is 47.5 Å². The Morgan fingerprint density at radius 2 is 1.66 bits per heavy atom. The number of Topliss-reactive ketones (excluding diaryl/α,β-unsaturated/α-hetero) is 1. The van der Waals surface area contributed by atoms with Gasteiger partial charge in [-0.15, -0.1) is 0 Å². The van der Waals surface area contributed by atoms with Gasteiger partial charge in [0, 0.05) is 31.1 Å². The normalized spacial score (nSPS) is 16.0. The molecule has 0 spiro atoms. The van der Waals surface area contributed by atoms with Crippen molar-refractivity contribution in [2.45, 2.75) is 43.9 Å². The number of amides is 1. The van der Waals surface area contributed by atoms with Gasteiger partial charge < -0.3 is 14.8 Å². The summed E-state index contributed by atoms with van der Waals surface area (Å²) in [7, 11) is -3.47. The topological polar surface area (TPSA) is 102 Å². The number of aryl methyl sites for hydroxylation is 1. The smallest absolute Gasteiger partial charge is 0.243 e. The summed E-state index contributed by atoms with van der Waals surface area (Å²) in [6.45, 7) is 2.62. The molecule has 1 N–H and O–H groups in total. The maximum Gasteiger partial charge on any atom is 0.243 e. The number of nitrogens with one attached hydrogen (secondary N) is 1. The summed E-state index contributed by atoms with van der Waals surface area (Å²) < 4.78 is 37.7. The second-order valence-corrected chi connectivity index (χ2v) is 9.90. The number of nitrogens with zero attached hydrogens (tertiary/aromatic N) is 1. The fraction of sp³-hybridized carbons (Fsp3) is 0.391. The third kappa shape index (κ3) is 4.78. The first-order valence-corrected chi connectivity index (χ1v) is 12.1. The fourth-order valence-electron chi connectivity index (χ4n) is 3.89. The van der Waals surface area contributed by atoms with E-state index in [0.717, 1.165) is 24.8 Å². The molecule has 1 saturated heterocycles. The molecule has 1 amide bonds. The van der Waals surface area contributed by atoms with E-state index in [2.05, 4.69) is 5.32 Å². The Morgan fingerprint density at radius 3 is 2.31 bits per heavy atom. The highest BCUT2D eigenvalue weighted by Gasteiger charge is 2.25. The number of sulfonamides is 1. The number of fused-ring (bicyclic) bond motifs is 1. The van der Waals surface area contributed by atoms with Gasteiger partial charge in [0.2, 0.25) is 22.7 Å². The molecule has 4 rings (SSSR count). The van der Waals surface area contributed by atoms with Gasteiger partial charge in [-0.2, -0.15) is 4.31 Å². The lowest BCUT2D eigenvalue weighted by Gasteiger charge is -2.25. The molecule has 2 aliphatic heterocycles. The Hall–Kier alpha value is -2.91. The summed E-state index contributed by atoms with van der Waals surface area (Å²) in [6.07, 6.45) is 3.47. The maximum absolute atomic E-state index is 12.8. The lowest BCUT2D eigenvalue weighted by molar-refractivity contribution is -0.116. The number of ketones is 1. The van der Waals surface area contributed by atoms with Crippen LogP contribution < -0.4 is 14.8 Å². The Balaban J connectivity index is 1.38. The minimum absolute atomic E-state index is 0.0769. The van der Waals surface area contributed by atoms with Crippen LogP contribution in [0, 0.1) is 0 Å². The van der Waals surface area contributed by atoms with Gasteiger partial charge in [0.1, 0.15) is 0 Å². The highest BCUT2D eigenvalue weighted by molar-refractivity contribution is 7.89. The van der Waals surface area contributed by atoms with Gasteiger partial charge in [0.15, 0.2) is 17.3 Å². The SMILES string of the molecule is CC(=O)c1cc2c(cc1NC(=O)CCc1ccc(S(=O)(=O)N3CCCCC3)cc1)OCO2. The third-order valence-corrected chi connectivity index (χ3v) is 7.60. The van der Waals surface area contributed by atoms with E-state index in [1.54, 1.807) is 36.4 Å². The van der Waals surface area contributed by atoms with Crippen LogP contribution in [0.5, 0.6) is 11.5 Å². The molecule has 2 aliphatic rings. The molecule has 0 aromatic heterocycles. The molecule has 2 aromatic rings. The molecule has 9 heteroatoms. The number of benzene rings is 2. The minimum Gasteiger partial charge on any atom is -0.454 e. The number of piperidine rings is 1. The minimum atomic E-state index is -3.47. The van der Waals surface area contributed by atoms with Crippen molar-refractivity contribution in [3.63, 3.8) is 0 Å².